The van der Waals surface area contributed by atoms with Crippen molar-refractivity contribution in [1.29, 1.82) is 0 Å². The molecule has 0 saturated heterocycles. The number of amides is 1. The average molecular weight is 505 g/mol. The predicted octanol–water partition coefficient (Wildman–Crippen LogP) is 6.40. The molecular weight excluding hydrogens is 489 g/mol. The summed E-state index contributed by atoms with van der Waals surface area (Å²) in [6, 6.07) is 13.8. The lowest BCUT2D eigenvalue weighted by Gasteiger charge is -2.16. The molecule has 0 aliphatic heterocycles. The zero-order valence-electron chi connectivity index (χ0n) is 17.4. The molecule has 2 heterocycles. The SMILES string of the molecule is C[C@@H](Sc1ncnc2sc(-c3ccccc3)cc12)C(=O)Nc1ccc([N+](=O)[O-])cc1C(F)(F)F. The molecule has 7 nitrogen and oxygen atoms in total. The van der Waals surface area contributed by atoms with Gasteiger partial charge in [-0.3, -0.25) is 14.9 Å². The van der Waals surface area contributed by atoms with Crippen LogP contribution in [0.15, 0.2) is 66.0 Å². The van der Waals surface area contributed by atoms with Crippen LogP contribution in [0.5, 0.6) is 0 Å². The normalized spacial score (nSPS) is 12.5. The second kappa shape index (κ2) is 9.39. The Morgan fingerprint density at radius 3 is 2.56 bits per heavy atom. The molecule has 2 aromatic heterocycles. The Hall–Kier alpha value is -3.51. The van der Waals surface area contributed by atoms with Crippen LogP contribution in [0.2, 0.25) is 0 Å². The maximum Gasteiger partial charge on any atom is 0.418 e. The maximum atomic E-state index is 13.4. The van der Waals surface area contributed by atoms with Crippen molar-refractivity contribution < 1.29 is 22.9 Å². The molecule has 0 radical (unpaired) electrons. The van der Waals surface area contributed by atoms with Crippen LogP contribution >= 0.6 is 23.1 Å². The van der Waals surface area contributed by atoms with Crippen molar-refractivity contribution in [3.05, 3.63) is 76.6 Å². The molecule has 0 aliphatic carbocycles. The Labute approximate surface area is 199 Å². The zero-order valence-corrected chi connectivity index (χ0v) is 19.0. The highest BCUT2D eigenvalue weighted by Crippen LogP contribution is 2.39. The van der Waals surface area contributed by atoms with Crippen LogP contribution in [0.1, 0.15) is 12.5 Å². The van der Waals surface area contributed by atoms with Crippen LogP contribution < -0.4 is 5.32 Å². The van der Waals surface area contributed by atoms with Gasteiger partial charge >= 0.3 is 6.18 Å². The number of nitro groups is 1. The van der Waals surface area contributed by atoms with Crippen molar-refractivity contribution >= 4 is 50.6 Å². The molecule has 0 spiro atoms. The number of anilines is 1. The van der Waals surface area contributed by atoms with Crippen LogP contribution in [0, 0.1) is 10.1 Å². The second-order valence-electron chi connectivity index (χ2n) is 7.11. The first-order valence-corrected chi connectivity index (χ1v) is 11.5. The number of alkyl halides is 3. The van der Waals surface area contributed by atoms with Crippen LogP contribution in [0.25, 0.3) is 20.7 Å². The Bertz CT molecular complexity index is 1380. The van der Waals surface area contributed by atoms with Gasteiger partial charge in [-0.1, -0.05) is 42.1 Å². The fourth-order valence-electron chi connectivity index (χ4n) is 3.12. The standard InChI is InChI=1S/C22H15F3N4O3S2/c1-12(19(30)28-17-8-7-14(29(31)32)9-16(17)22(23,24)25)33-20-15-10-18(13-5-3-2-4-6-13)34-21(15)27-11-26-20/h2-12H,1H3,(H,28,30)/t12-/m1/s1. The molecule has 0 aliphatic rings. The largest absolute Gasteiger partial charge is 0.418 e. The van der Waals surface area contributed by atoms with Crippen molar-refractivity contribution in [1.82, 2.24) is 9.97 Å². The summed E-state index contributed by atoms with van der Waals surface area (Å²) in [6.07, 6.45) is -3.51. The van der Waals surface area contributed by atoms with Crippen molar-refractivity contribution in [2.75, 3.05) is 5.32 Å². The van der Waals surface area contributed by atoms with Gasteiger partial charge in [0.05, 0.1) is 21.4 Å². The van der Waals surface area contributed by atoms with E-state index in [-0.39, 0.29) is 0 Å². The number of non-ortho nitro benzene ring substituents is 1. The summed E-state index contributed by atoms with van der Waals surface area (Å²) in [4.78, 5) is 32.9. The molecule has 2 aromatic carbocycles. The maximum absolute atomic E-state index is 13.4. The number of hydrogen-bond acceptors (Lipinski definition) is 7. The van der Waals surface area contributed by atoms with Gasteiger partial charge in [0.2, 0.25) is 5.91 Å². The number of carbonyl (C=O) groups is 1. The number of nitrogens with one attached hydrogen (secondary N) is 1. The Morgan fingerprint density at radius 2 is 1.88 bits per heavy atom. The Balaban J connectivity index is 1.57. The van der Waals surface area contributed by atoms with E-state index >= 15 is 0 Å². The van der Waals surface area contributed by atoms with E-state index in [0.717, 1.165) is 44.6 Å². The highest BCUT2D eigenvalue weighted by atomic mass is 32.2. The summed E-state index contributed by atoms with van der Waals surface area (Å²) in [5.41, 5.74) is -1.56. The van der Waals surface area contributed by atoms with E-state index < -0.39 is 39.2 Å². The van der Waals surface area contributed by atoms with E-state index in [1.54, 1.807) is 0 Å². The molecule has 0 saturated carbocycles. The molecule has 174 valence electrons. The van der Waals surface area contributed by atoms with Crippen molar-refractivity contribution in [2.24, 2.45) is 0 Å². The minimum atomic E-state index is -4.88. The number of rotatable bonds is 6. The zero-order chi connectivity index (χ0) is 24.5. The van der Waals surface area contributed by atoms with Gasteiger partial charge < -0.3 is 5.32 Å². The number of aromatic nitrogens is 2. The highest BCUT2D eigenvalue weighted by Gasteiger charge is 2.36. The number of thioether (sulfide) groups is 1. The van der Waals surface area contributed by atoms with Gasteiger partial charge in [-0.05, 0) is 24.6 Å². The number of nitrogens with zero attached hydrogens (tertiary/aromatic N) is 3. The van der Waals surface area contributed by atoms with E-state index in [9.17, 15) is 28.1 Å². The molecule has 0 fully saturated rings. The second-order valence-corrected chi connectivity index (χ2v) is 9.47. The minimum absolute atomic E-state index is 0.401. The Morgan fingerprint density at radius 1 is 1.15 bits per heavy atom. The molecule has 34 heavy (non-hydrogen) atoms. The number of hydrogen-bond donors (Lipinski definition) is 1. The third-order valence-electron chi connectivity index (χ3n) is 4.79. The van der Waals surface area contributed by atoms with Gasteiger partial charge in [-0.15, -0.1) is 11.3 Å². The van der Waals surface area contributed by atoms with Crippen LogP contribution in [0.4, 0.5) is 24.5 Å². The fourth-order valence-corrected chi connectivity index (χ4v) is 5.08. The summed E-state index contributed by atoms with van der Waals surface area (Å²) >= 11 is 2.55. The monoisotopic (exact) mass is 504 g/mol. The number of fused-ring (bicyclic) bond motifs is 1. The highest BCUT2D eigenvalue weighted by molar-refractivity contribution is 8.00. The molecule has 1 N–H and O–H groups in total. The van der Waals surface area contributed by atoms with E-state index in [1.165, 1.54) is 24.6 Å². The number of benzene rings is 2. The number of halogens is 3. The van der Waals surface area contributed by atoms with Crippen molar-refractivity contribution in [2.45, 2.75) is 23.4 Å². The van der Waals surface area contributed by atoms with E-state index in [0.29, 0.717) is 11.1 Å². The summed E-state index contributed by atoms with van der Waals surface area (Å²) < 4.78 is 40.2. The van der Waals surface area contributed by atoms with E-state index in [4.69, 9.17) is 0 Å². The molecule has 0 bridgehead atoms. The quantitative estimate of drug-likeness (QED) is 0.141. The lowest BCUT2D eigenvalue weighted by atomic mass is 10.1. The first-order valence-electron chi connectivity index (χ1n) is 9.76. The van der Waals surface area contributed by atoms with Crippen molar-refractivity contribution in [3.8, 4) is 10.4 Å². The van der Waals surface area contributed by atoms with Crippen LogP contribution in [-0.4, -0.2) is 26.0 Å². The molecule has 1 atom stereocenters. The summed E-state index contributed by atoms with van der Waals surface area (Å²) in [6.45, 7) is 1.54. The molecule has 12 heteroatoms. The van der Waals surface area contributed by atoms with Crippen LogP contribution in [0.3, 0.4) is 0 Å². The van der Waals surface area contributed by atoms with Gasteiger partial charge in [0, 0.05) is 22.4 Å². The molecule has 4 aromatic rings. The van der Waals surface area contributed by atoms with E-state index in [1.807, 2.05) is 36.4 Å². The van der Waals surface area contributed by atoms with Gasteiger partial charge in [0.25, 0.3) is 5.69 Å². The Kier molecular flexibility index (Phi) is 6.53. The van der Waals surface area contributed by atoms with Gasteiger partial charge in [0.1, 0.15) is 16.2 Å². The van der Waals surface area contributed by atoms with Crippen LogP contribution in [-0.2, 0) is 11.0 Å². The predicted molar refractivity (Wildman–Crippen MR) is 125 cm³/mol. The molecule has 0 unspecified atom stereocenters. The van der Waals surface area contributed by atoms with Gasteiger partial charge in [0.15, 0.2) is 0 Å². The first-order chi connectivity index (χ1) is 16.1. The number of nitro benzene ring substituents is 1. The number of carbonyl (C=O) groups excluding carboxylic acids is 1. The third-order valence-corrected chi connectivity index (χ3v) is 6.99. The third kappa shape index (κ3) is 5.02. The lowest BCUT2D eigenvalue weighted by Crippen LogP contribution is -2.24. The molecule has 1 amide bonds. The summed E-state index contributed by atoms with van der Waals surface area (Å²) in [7, 11) is 0. The number of thiophene rings is 1. The topological polar surface area (TPSA) is 98.0 Å². The van der Waals surface area contributed by atoms with E-state index in [2.05, 4.69) is 15.3 Å². The van der Waals surface area contributed by atoms with Crippen molar-refractivity contribution in [3.63, 3.8) is 0 Å². The fraction of sp³-hybridized carbons (Fsp3) is 0.136. The average Bonchev–Trinajstić information content (AvgIpc) is 3.24. The smallest absolute Gasteiger partial charge is 0.325 e. The van der Waals surface area contributed by atoms with Gasteiger partial charge in [-0.25, -0.2) is 9.97 Å². The van der Waals surface area contributed by atoms with Gasteiger partial charge in [-0.2, -0.15) is 13.2 Å². The molecule has 4 rings (SSSR count). The minimum Gasteiger partial charge on any atom is -0.325 e. The lowest BCUT2D eigenvalue weighted by molar-refractivity contribution is -0.385. The first kappa shape index (κ1) is 23.6. The summed E-state index contributed by atoms with van der Waals surface area (Å²) in [5.74, 6) is -0.699. The molecular formula is C22H15F3N4O3S2. The summed E-state index contributed by atoms with van der Waals surface area (Å²) in [5, 5.41) is 13.5.